The van der Waals surface area contributed by atoms with Gasteiger partial charge in [-0.05, 0) is 38.0 Å². The van der Waals surface area contributed by atoms with E-state index < -0.39 is 0 Å². The lowest BCUT2D eigenvalue weighted by Crippen LogP contribution is -2.39. The van der Waals surface area contributed by atoms with E-state index in [4.69, 9.17) is 4.74 Å². The van der Waals surface area contributed by atoms with E-state index in [-0.39, 0.29) is 16.7 Å². The SMILES string of the molecule is CCOC1CCCN(c2ccc([N+](=O)[O-])c3cccnc23)C1. The predicted molar refractivity (Wildman–Crippen MR) is 85.3 cm³/mol. The average Bonchev–Trinajstić information content (AvgIpc) is 2.54. The van der Waals surface area contributed by atoms with Crippen LogP contribution in [-0.4, -0.2) is 35.7 Å². The van der Waals surface area contributed by atoms with Gasteiger partial charge in [0.25, 0.3) is 5.69 Å². The minimum Gasteiger partial charge on any atom is -0.377 e. The van der Waals surface area contributed by atoms with Gasteiger partial charge in [0.15, 0.2) is 0 Å². The van der Waals surface area contributed by atoms with Gasteiger partial charge < -0.3 is 9.64 Å². The van der Waals surface area contributed by atoms with Crippen LogP contribution in [0.25, 0.3) is 10.9 Å². The van der Waals surface area contributed by atoms with Gasteiger partial charge in [-0.2, -0.15) is 0 Å². The van der Waals surface area contributed by atoms with Crippen molar-refractivity contribution < 1.29 is 9.66 Å². The van der Waals surface area contributed by atoms with Crippen LogP contribution in [0.3, 0.4) is 0 Å². The number of fused-ring (bicyclic) bond motifs is 1. The number of hydrogen-bond acceptors (Lipinski definition) is 5. The first-order chi connectivity index (χ1) is 10.7. The average molecular weight is 301 g/mol. The fourth-order valence-electron chi connectivity index (χ4n) is 3.09. The highest BCUT2D eigenvalue weighted by Gasteiger charge is 2.24. The molecular weight excluding hydrogens is 282 g/mol. The summed E-state index contributed by atoms with van der Waals surface area (Å²) in [6.07, 6.45) is 4.01. The molecule has 0 amide bonds. The van der Waals surface area contributed by atoms with Crippen LogP contribution in [0.5, 0.6) is 0 Å². The molecule has 1 aromatic heterocycles. The quantitative estimate of drug-likeness (QED) is 0.641. The number of nitrogens with zero attached hydrogens (tertiary/aromatic N) is 3. The Morgan fingerprint density at radius 2 is 2.32 bits per heavy atom. The summed E-state index contributed by atoms with van der Waals surface area (Å²) in [5, 5.41) is 11.8. The van der Waals surface area contributed by atoms with Gasteiger partial charge in [0.1, 0.15) is 5.52 Å². The van der Waals surface area contributed by atoms with Crippen molar-refractivity contribution in [2.75, 3.05) is 24.6 Å². The van der Waals surface area contributed by atoms with Gasteiger partial charge >= 0.3 is 0 Å². The van der Waals surface area contributed by atoms with E-state index in [0.29, 0.717) is 17.5 Å². The molecule has 1 aliphatic heterocycles. The Labute approximate surface area is 128 Å². The number of benzene rings is 1. The number of nitro groups is 1. The molecule has 6 nitrogen and oxygen atoms in total. The summed E-state index contributed by atoms with van der Waals surface area (Å²) in [4.78, 5) is 17.4. The van der Waals surface area contributed by atoms with Crippen LogP contribution in [0.4, 0.5) is 11.4 Å². The van der Waals surface area contributed by atoms with Crippen LogP contribution >= 0.6 is 0 Å². The number of anilines is 1. The first-order valence-electron chi connectivity index (χ1n) is 7.59. The van der Waals surface area contributed by atoms with Crippen molar-refractivity contribution in [2.24, 2.45) is 0 Å². The third kappa shape index (κ3) is 2.74. The van der Waals surface area contributed by atoms with Gasteiger partial charge in [-0.3, -0.25) is 15.1 Å². The molecule has 116 valence electrons. The van der Waals surface area contributed by atoms with Gasteiger partial charge in [0, 0.05) is 32.0 Å². The Morgan fingerprint density at radius 3 is 3.09 bits per heavy atom. The van der Waals surface area contributed by atoms with E-state index in [2.05, 4.69) is 9.88 Å². The summed E-state index contributed by atoms with van der Waals surface area (Å²) >= 11 is 0. The largest absolute Gasteiger partial charge is 0.377 e. The van der Waals surface area contributed by atoms with Gasteiger partial charge in [-0.1, -0.05) is 0 Å². The molecule has 22 heavy (non-hydrogen) atoms. The van der Waals surface area contributed by atoms with E-state index in [1.54, 1.807) is 24.4 Å². The number of aromatic nitrogens is 1. The zero-order valence-corrected chi connectivity index (χ0v) is 12.6. The molecule has 3 rings (SSSR count). The lowest BCUT2D eigenvalue weighted by atomic mass is 10.1. The van der Waals surface area contributed by atoms with Crippen LogP contribution in [0, 0.1) is 10.1 Å². The lowest BCUT2D eigenvalue weighted by Gasteiger charge is -2.34. The second-order valence-corrected chi connectivity index (χ2v) is 5.43. The standard InChI is InChI=1S/C16H19N3O3/c1-2-22-12-5-4-10-18(11-12)15-8-7-14(19(20)21)13-6-3-9-17-16(13)15/h3,6-9,12H,2,4-5,10-11H2,1H3. The van der Waals surface area contributed by atoms with Gasteiger partial charge in [-0.25, -0.2) is 0 Å². The summed E-state index contributed by atoms with van der Waals surface area (Å²) in [5.41, 5.74) is 1.74. The van der Waals surface area contributed by atoms with Crippen LogP contribution in [0.2, 0.25) is 0 Å². The van der Waals surface area contributed by atoms with Crippen LogP contribution < -0.4 is 4.90 Å². The van der Waals surface area contributed by atoms with Crippen molar-refractivity contribution in [3.05, 3.63) is 40.6 Å². The molecule has 2 heterocycles. The summed E-state index contributed by atoms with van der Waals surface area (Å²) < 4.78 is 5.74. The molecule has 1 unspecified atom stereocenters. The summed E-state index contributed by atoms with van der Waals surface area (Å²) in [6.45, 7) is 4.43. The van der Waals surface area contributed by atoms with E-state index in [1.165, 1.54) is 0 Å². The van der Waals surface area contributed by atoms with Crippen molar-refractivity contribution in [3.8, 4) is 0 Å². The highest BCUT2D eigenvalue weighted by atomic mass is 16.6. The smallest absolute Gasteiger partial charge is 0.278 e. The monoisotopic (exact) mass is 301 g/mol. The molecule has 1 aromatic carbocycles. The van der Waals surface area contributed by atoms with Crippen molar-refractivity contribution in [1.29, 1.82) is 0 Å². The minimum absolute atomic E-state index is 0.102. The Kier molecular flexibility index (Phi) is 4.20. The third-order valence-corrected chi connectivity index (χ3v) is 4.04. The summed E-state index contributed by atoms with van der Waals surface area (Å²) in [7, 11) is 0. The Balaban J connectivity index is 2.01. The van der Waals surface area contributed by atoms with Crippen molar-refractivity contribution in [1.82, 2.24) is 4.98 Å². The first-order valence-corrected chi connectivity index (χ1v) is 7.59. The van der Waals surface area contributed by atoms with Crippen LogP contribution in [-0.2, 0) is 4.74 Å². The van der Waals surface area contributed by atoms with Gasteiger partial charge in [0.2, 0.25) is 0 Å². The molecule has 0 aliphatic carbocycles. The van der Waals surface area contributed by atoms with E-state index in [9.17, 15) is 10.1 Å². The maximum Gasteiger partial charge on any atom is 0.278 e. The number of pyridine rings is 1. The van der Waals surface area contributed by atoms with Crippen molar-refractivity contribution in [3.63, 3.8) is 0 Å². The molecule has 6 heteroatoms. The van der Waals surface area contributed by atoms with Gasteiger partial charge in [-0.15, -0.1) is 0 Å². The number of hydrogen-bond donors (Lipinski definition) is 0. The molecular formula is C16H19N3O3. The molecule has 0 bridgehead atoms. The zero-order chi connectivity index (χ0) is 15.5. The summed E-state index contributed by atoms with van der Waals surface area (Å²) in [6, 6.07) is 6.87. The van der Waals surface area contributed by atoms with Gasteiger partial charge in [0.05, 0.1) is 22.1 Å². The topological polar surface area (TPSA) is 68.5 Å². The zero-order valence-electron chi connectivity index (χ0n) is 12.6. The maximum absolute atomic E-state index is 11.2. The third-order valence-electron chi connectivity index (χ3n) is 4.04. The molecule has 0 N–H and O–H groups in total. The van der Waals surface area contributed by atoms with Crippen LogP contribution in [0.1, 0.15) is 19.8 Å². The van der Waals surface area contributed by atoms with E-state index >= 15 is 0 Å². The van der Waals surface area contributed by atoms with E-state index in [0.717, 1.165) is 31.6 Å². The molecule has 0 radical (unpaired) electrons. The fourth-order valence-corrected chi connectivity index (χ4v) is 3.09. The number of ether oxygens (including phenoxy) is 1. The second kappa shape index (κ2) is 6.27. The molecule has 0 saturated carbocycles. The molecule has 1 saturated heterocycles. The minimum atomic E-state index is -0.354. The second-order valence-electron chi connectivity index (χ2n) is 5.43. The first kappa shape index (κ1) is 14.7. The molecule has 1 fully saturated rings. The lowest BCUT2D eigenvalue weighted by molar-refractivity contribution is -0.383. The highest BCUT2D eigenvalue weighted by molar-refractivity contribution is 5.97. The van der Waals surface area contributed by atoms with Crippen LogP contribution in [0.15, 0.2) is 30.5 Å². The number of non-ortho nitro benzene ring substituents is 1. The number of piperidine rings is 1. The van der Waals surface area contributed by atoms with E-state index in [1.807, 2.05) is 13.0 Å². The van der Waals surface area contributed by atoms with Crippen molar-refractivity contribution in [2.45, 2.75) is 25.9 Å². The Morgan fingerprint density at radius 1 is 1.45 bits per heavy atom. The summed E-state index contributed by atoms with van der Waals surface area (Å²) in [5.74, 6) is 0. The molecule has 1 aliphatic rings. The number of rotatable bonds is 4. The Bertz CT molecular complexity index is 687. The number of nitro benzene ring substituents is 1. The molecule has 2 aromatic rings. The predicted octanol–water partition coefficient (Wildman–Crippen LogP) is 3.15. The van der Waals surface area contributed by atoms with Crippen molar-refractivity contribution >= 4 is 22.3 Å². The fraction of sp³-hybridized carbons (Fsp3) is 0.438. The Hall–Kier alpha value is -2.21. The molecule has 0 spiro atoms. The normalized spacial score (nSPS) is 18.6. The maximum atomic E-state index is 11.2. The highest BCUT2D eigenvalue weighted by Crippen LogP contribution is 2.33. The molecule has 1 atom stereocenters.